The molecule has 2 aromatic heterocycles. The normalized spacial score (nSPS) is 16.2. The molecule has 1 fully saturated rings. The van der Waals surface area contributed by atoms with Gasteiger partial charge in [-0.05, 0) is 69.4 Å². The lowest BCUT2D eigenvalue weighted by molar-refractivity contribution is -0.147. The number of pyridine rings is 1. The molecule has 2 atom stereocenters. The number of aliphatic hydroxyl groups excluding tert-OH is 1. The summed E-state index contributed by atoms with van der Waals surface area (Å²) in [4.78, 5) is 19.2. The fraction of sp³-hybridized carbons (Fsp3) is 0.429. The number of rotatable bonds is 13. The Hall–Kier alpha value is -3.28. The molecule has 4 aromatic rings. The summed E-state index contributed by atoms with van der Waals surface area (Å²) < 4.78 is 20.9. The minimum Gasteiger partial charge on any atom is -0.479 e. The molecule has 1 saturated heterocycles. The van der Waals surface area contributed by atoms with Crippen LogP contribution in [0.2, 0.25) is 0 Å². The molecule has 0 saturated carbocycles. The predicted molar refractivity (Wildman–Crippen MR) is 178 cm³/mol. The Morgan fingerprint density at radius 1 is 1.07 bits per heavy atom. The summed E-state index contributed by atoms with van der Waals surface area (Å²) in [6, 6.07) is 18.0. The van der Waals surface area contributed by atoms with Crippen molar-refractivity contribution in [3.05, 3.63) is 87.5 Å². The van der Waals surface area contributed by atoms with E-state index in [1.165, 1.54) is 0 Å². The van der Waals surface area contributed by atoms with Crippen LogP contribution in [0.1, 0.15) is 55.0 Å². The molecule has 0 aliphatic carbocycles. The number of carbonyl (C=O) groups is 1. The molecule has 10 heteroatoms. The van der Waals surface area contributed by atoms with Crippen LogP contribution in [-0.2, 0) is 25.6 Å². The van der Waals surface area contributed by atoms with Gasteiger partial charge < -0.3 is 29.3 Å². The van der Waals surface area contributed by atoms with Crippen LogP contribution in [0.15, 0.2) is 65.3 Å². The Kier molecular flexibility index (Phi) is 10.6. The second-order valence-electron chi connectivity index (χ2n) is 12.0. The topological polar surface area (TPSA) is 106 Å². The van der Waals surface area contributed by atoms with Crippen molar-refractivity contribution >= 4 is 33.4 Å². The molecule has 2 N–H and O–H groups in total. The average molecular weight is 681 g/mol. The number of carboxylic acids is 1. The van der Waals surface area contributed by atoms with Gasteiger partial charge in [-0.2, -0.15) is 0 Å². The Morgan fingerprint density at radius 2 is 1.80 bits per heavy atom. The number of nitrogens with zero attached hydrogens (tertiary/aromatic N) is 3. The number of ether oxygens (including phenoxy) is 3. The van der Waals surface area contributed by atoms with Gasteiger partial charge in [0, 0.05) is 34.9 Å². The van der Waals surface area contributed by atoms with Crippen LogP contribution in [-0.4, -0.2) is 70.2 Å². The van der Waals surface area contributed by atoms with E-state index in [-0.39, 0.29) is 11.7 Å². The predicted octanol–water partition coefficient (Wildman–Crippen LogP) is 6.50. The minimum atomic E-state index is -1.67. The summed E-state index contributed by atoms with van der Waals surface area (Å²) in [6.07, 6.45) is 1.70. The maximum Gasteiger partial charge on any atom is 0.337 e. The van der Waals surface area contributed by atoms with Crippen molar-refractivity contribution in [2.24, 2.45) is 0 Å². The van der Waals surface area contributed by atoms with Crippen molar-refractivity contribution in [3.8, 4) is 11.3 Å². The van der Waals surface area contributed by atoms with E-state index >= 15 is 0 Å². The Bertz CT molecular complexity index is 1620. The standard InChI is InChI=1S/C35H42BrN3O6/c1-23(44-22-26-9-6-5-7-10-26)21-43-17-18-45-35(4)13-15-38(16-14-35)33-30(31(40)34(41)42)24(2)25(3)32-37-29(20-39(32)33)27-11-8-12-28(36)19-27/h5-12,19-20,23,31,40H,13-18,21-22H2,1-4H3,(H,41,42)/t23-,31+/m1/s1. The third kappa shape index (κ3) is 7.76. The molecule has 1 aliphatic heterocycles. The molecular weight excluding hydrogens is 638 g/mol. The lowest BCUT2D eigenvalue weighted by atomic mass is 9.92. The fourth-order valence-electron chi connectivity index (χ4n) is 5.83. The number of anilines is 1. The number of hydrogen-bond donors (Lipinski definition) is 2. The zero-order chi connectivity index (χ0) is 32.1. The second kappa shape index (κ2) is 14.4. The smallest absolute Gasteiger partial charge is 0.337 e. The fourth-order valence-corrected chi connectivity index (χ4v) is 6.23. The van der Waals surface area contributed by atoms with Gasteiger partial charge in [-0.25, -0.2) is 9.78 Å². The van der Waals surface area contributed by atoms with Crippen LogP contribution >= 0.6 is 15.9 Å². The first kappa shape index (κ1) is 33.1. The first-order chi connectivity index (χ1) is 21.6. The SMILES string of the molecule is Cc1c([C@H](O)C(=O)O)c(N2CCC(C)(OCCOC[C@@H](C)OCc3ccccc3)CC2)n2cc(-c3cccc(Br)c3)nc2c1C. The number of aliphatic carboxylic acids is 1. The number of fused-ring (bicyclic) bond motifs is 1. The summed E-state index contributed by atoms with van der Waals surface area (Å²) in [5.74, 6) is -0.623. The van der Waals surface area contributed by atoms with E-state index in [1.54, 1.807) is 0 Å². The van der Waals surface area contributed by atoms with E-state index in [9.17, 15) is 15.0 Å². The van der Waals surface area contributed by atoms with E-state index < -0.39 is 12.1 Å². The lowest BCUT2D eigenvalue weighted by Gasteiger charge is -2.41. The average Bonchev–Trinajstić information content (AvgIpc) is 3.48. The van der Waals surface area contributed by atoms with E-state index in [0.717, 1.165) is 50.9 Å². The van der Waals surface area contributed by atoms with Crippen LogP contribution < -0.4 is 4.90 Å². The Labute approximate surface area is 272 Å². The molecule has 0 unspecified atom stereocenters. The van der Waals surface area contributed by atoms with Crippen LogP contribution in [0.3, 0.4) is 0 Å². The molecule has 0 bridgehead atoms. The lowest BCUT2D eigenvalue weighted by Crippen LogP contribution is -2.46. The molecule has 0 amide bonds. The van der Waals surface area contributed by atoms with Crippen molar-refractivity contribution in [1.82, 2.24) is 9.38 Å². The monoisotopic (exact) mass is 679 g/mol. The maximum atomic E-state index is 12.1. The molecule has 5 rings (SSSR count). The third-order valence-corrected chi connectivity index (χ3v) is 9.13. The van der Waals surface area contributed by atoms with Crippen molar-refractivity contribution in [2.45, 2.75) is 65.0 Å². The summed E-state index contributed by atoms with van der Waals surface area (Å²) in [7, 11) is 0. The van der Waals surface area contributed by atoms with Crippen molar-refractivity contribution in [2.75, 3.05) is 37.8 Å². The quantitative estimate of drug-likeness (QED) is 0.154. The van der Waals surface area contributed by atoms with Gasteiger partial charge in [0.15, 0.2) is 6.10 Å². The highest BCUT2D eigenvalue weighted by molar-refractivity contribution is 9.10. The number of aromatic nitrogens is 2. The first-order valence-corrected chi connectivity index (χ1v) is 16.2. The van der Waals surface area contributed by atoms with Crippen molar-refractivity contribution in [1.29, 1.82) is 0 Å². The van der Waals surface area contributed by atoms with Gasteiger partial charge in [-0.1, -0.05) is 58.4 Å². The minimum absolute atomic E-state index is 0.0266. The molecule has 2 aromatic carbocycles. The Balaban J connectivity index is 1.26. The number of imidazole rings is 1. The van der Waals surface area contributed by atoms with E-state index in [2.05, 4.69) is 27.8 Å². The van der Waals surface area contributed by atoms with Crippen LogP contribution in [0.25, 0.3) is 16.9 Å². The maximum absolute atomic E-state index is 12.1. The highest BCUT2D eigenvalue weighted by atomic mass is 79.9. The summed E-state index contributed by atoms with van der Waals surface area (Å²) >= 11 is 3.54. The molecule has 9 nitrogen and oxygen atoms in total. The van der Waals surface area contributed by atoms with Crippen LogP contribution in [0.4, 0.5) is 5.82 Å². The van der Waals surface area contributed by atoms with Gasteiger partial charge in [-0.3, -0.25) is 4.40 Å². The first-order valence-electron chi connectivity index (χ1n) is 15.4. The largest absolute Gasteiger partial charge is 0.479 e. The number of aryl methyl sites for hydroxylation is 1. The van der Waals surface area contributed by atoms with Gasteiger partial charge in [0.05, 0.1) is 43.8 Å². The van der Waals surface area contributed by atoms with Crippen LogP contribution in [0, 0.1) is 13.8 Å². The van der Waals surface area contributed by atoms with E-state index in [0.29, 0.717) is 50.9 Å². The number of piperidine rings is 1. The van der Waals surface area contributed by atoms with Crippen LogP contribution in [0.5, 0.6) is 0 Å². The van der Waals surface area contributed by atoms with E-state index in [4.69, 9.17) is 19.2 Å². The summed E-state index contributed by atoms with van der Waals surface area (Å²) in [5.41, 5.74) is 5.19. The second-order valence-corrected chi connectivity index (χ2v) is 12.9. The highest BCUT2D eigenvalue weighted by Gasteiger charge is 2.35. The highest BCUT2D eigenvalue weighted by Crippen LogP contribution is 2.38. The molecular formula is C35H42BrN3O6. The van der Waals surface area contributed by atoms with Gasteiger partial charge in [0.25, 0.3) is 0 Å². The van der Waals surface area contributed by atoms with Crippen molar-refractivity contribution < 1.29 is 29.2 Å². The zero-order valence-electron chi connectivity index (χ0n) is 26.3. The van der Waals surface area contributed by atoms with E-state index in [1.807, 2.05) is 86.0 Å². The summed E-state index contributed by atoms with van der Waals surface area (Å²) in [5, 5.41) is 20.8. The van der Waals surface area contributed by atoms with Gasteiger partial charge >= 0.3 is 5.97 Å². The Morgan fingerprint density at radius 3 is 2.49 bits per heavy atom. The van der Waals surface area contributed by atoms with Gasteiger partial charge in [0.1, 0.15) is 11.5 Å². The van der Waals surface area contributed by atoms with Gasteiger partial charge in [-0.15, -0.1) is 0 Å². The molecule has 1 aliphatic rings. The molecule has 0 spiro atoms. The number of halogens is 1. The summed E-state index contributed by atoms with van der Waals surface area (Å²) in [6.45, 7) is 11.1. The van der Waals surface area contributed by atoms with Crippen molar-refractivity contribution in [3.63, 3.8) is 0 Å². The zero-order valence-corrected chi connectivity index (χ0v) is 27.9. The molecule has 240 valence electrons. The number of carboxylic acid groups (broad SMARTS) is 1. The molecule has 45 heavy (non-hydrogen) atoms. The molecule has 0 radical (unpaired) electrons. The number of hydrogen-bond acceptors (Lipinski definition) is 7. The van der Waals surface area contributed by atoms with Gasteiger partial charge in [0.2, 0.25) is 0 Å². The third-order valence-electron chi connectivity index (χ3n) is 8.63. The number of aliphatic hydroxyl groups is 1. The number of benzene rings is 2. The molecule has 3 heterocycles.